The fourth-order valence-corrected chi connectivity index (χ4v) is 5.71. The van der Waals surface area contributed by atoms with Gasteiger partial charge in [0.25, 0.3) is 0 Å². The number of aromatic nitrogens is 1. The molecule has 5 unspecified atom stereocenters. The van der Waals surface area contributed by atoms with Gasteiger partial charge in [0.15, 0.2) is 11.5 Å². The van der Waals surface area contributed by atoms with Crippen molar-refractivity contribution in [3.8, 4) is 23.0 Å². The molecule has 1 saturated heterocycles. The summed E-state index contributed by atoms with van der Waals surface area (Å²) in [5, 5.41) is 41.6. The first-order valence-corrected chi connectivity index (χ1v) is 11.8. The molecule has 0 radical (unpaired) electrons. The lowest BCUT2D eigenvalue weighted by molar-refractivity contribution is -0.154. The first-order chi connectivity index (χ1) is 16.4. The number of aromatic hydroxyl groups is 3. The summed E-state index contributed by atoms with van der Waals surface area (Å²) in [7, 11) is 1.47. The number of hydrogen-bond donors (Lipinski definition) is 5. The average Bonchev–Trinajstić information content (AvgIpc) is 3.35. The van der Waals surface area contributed by atoms with Gasteiger partial charge in [-0.05, 0) is 66.1 Å². The van der Waals surface area contributed by atoms with Crippen molar-refractivity contribution in [3.05, 3.63) is 71.0 Å². The summed E-state index contributed by atoms with van der Waals surface area (Å²) in [5.74, 6) is 0.256. The molecule has 7 nitrogen and oxygen atoms in total. The van der Waals surface area contributed by atoms with Crippen molar-refractivity contribution in [2.75, 3.05) is 7.11 Å². The quantitative estimate of drug-likeness (QED) is 0.354. The molecule has 0 bridgehead atoms. The minimum Gasteiger partial charge on any atom is -0.508 e. The van der Waals surface area contributed by atoms with E-state index in [0.29, 0.717) is 12.8 Å². The van der Waals surface area contributed by atoms with Crippen LogP contribution in [0.3, 0.4) is 0 Å². The molecule has 1 saturated carbocycles. The third-order valence-corrected chi connectivity index (χ3v) is 7.46. The second kappa shape index (κ2) is 9.24. The van der Waals surface area contributed by atoms with Gasteiger partial charge in [-0.15, -0.1) is 0 Å². The van der Waals surface area contributed by atoms with E-state index >= 15 is 0 Å². The van der Waals surface area contributed by atoms with Gasteiger partial charge in [-0.25, -0.2) is 0 Å². The molecular weight excluding hydrogens is 434 g/mol. The lowest BCUT2D eigenvalue weighted by atomic mass is 9.72. The summed E-state index contributed by atoms with van der Waals surface area (Å²) in [5.41, 5.74) is 3.62. The normalized spacial score (nSPS) is 26.7. The van der Waals surface area contributed by atoms with Crippen LogP contribution in [0.4, 0.5) is 0 Å². The Kier molecular flexibility index (Phi) is 6.15. The molecule has 5 N–H and O–H groups in total. The smallest absolute Gasteiger partial charge is 0.200 e. The molecule has 5 atom stereocenters. The van der Waals surface area contributed by atoms with Crippen LogP contribution >= 0.6 is 0 Å². The third kappa shape index (κ3) is 4.21. The van der Waals surface area contributed by atoms with Crippen molar-refractivity contribution in [3.63, 3.8) is 0 Å². The molecule has 34 heavy (non-hydrogen) atoms. The standard InChI is InChI=1S/C27H31NO6/c1-33-27-21(10-15-8-9-28-14-15)20(12-23(31)26(27)32)25-13-22(30)19-7-4-17(11-24(19)34-25)16-2-5-18(29)6-3-16/h2-3,5-6,8-9,12,14,17,19,22,24-25,28-32H,4,7,10-11,13H2,1H3. The number of phenols is 3. The minimum absolute atomic E-state index is 0.0605. The zero-order valence-corrected chi connectivity index (χ0v) is 19.1. The van der Waals surface area contributed by atoms with Crippen LogP contribution in [0.2, 0.25) is 0 Å². The number of aliphatic hydroxyl groups excluding tert-OH is 1. The number of hydrogen-bond acceptors (Lipinski definition) is 6. The van der Waals surface area contributed by atoms with Gasteiger partial charge in [-0.2, -0.15) is 0 Å². The van der Waals surface area contributed by atoms with Crippen molar-refractivity contribution < 1.29 is 29.9 Å². The van der Waals surface area contributed by atoms with Crippen molar-refractivity contribution in [2.45, 2.75) is 56.3 Å². The Balaban J connectivity index is 1.46. The molecular formula is C27H31NO6. The van der Waals surface area contributed by atoms with Gasteiger partial charge in [0.2, 0.25) is 5.75 Å². The maximum Gasteiger partial charge on any atom is 0.200 e. The highest BCUT2D eigenvalue weighted by molar-refractivity contribution is 5.59. The number of ether oxygens (including phenoxy) is 2. The second-order valence-electron chi connectivity index (χ2n) is 9.47. The van der Waals surface area contributed by atoms with Gasteiger partial charge in [0.1, 0.15) is 5.75 Å². The fraction of sp³-hybridized carbons (Fsp3) is 0.407. The highest BCUT2D eigenvalue weighted by atomic mass is 16.5. The van der Waals surface area contributed by atoms with E-state index in [2.05, 4.69) is 4.98 Å². The average molecular weight is 466 g/mol. The van der Waals surface area contributed by atoms with E-state index in [1.807, 2.05) is 30.6 Å². The molecule has 5 rings (SSSR count). The highest BCUT2D eigenvalue weighted by Crippen LogP contribution is 2.50. The molecule has 1 aliphatic carbocycles. The van der Waals surface area contributed by atoms with Crippen LogP contribution in [0, 0.1) is 5.92 Å². The van der Waals surface area contributed by atoms with Gasteiger partial charge in [0, 0.05) is 36.7 Å². The number of aliphatic hydroxyl groups is 1. The molecule has 1 aromatic heterocycles. The van der Waals surface area contributed by atoms with Gasteiger partial charge in [0.05, 0.1) is 25.4 Å². The van der Waals surface area contributed by atoms with Crippen molar-refractivity contribution in [2.24, 2.45) is 5.92 Å². The zero-order chi connectivity index (χ0) is 23.8. The monoisotopic (exact) mass is 465 g/mol. The predicted molar refractivity (Wildman–Crippen MR) is 126 cm³/mol. The predicted octanol–water partition coefficient (Wildman–Crippen LogP) is 4.51. The van der Waals surface area contributed by atoms with Crippen LogP contribution < -0.4 is 4.74 Å². The van der Waals surface area contributed by atoms with E-state index in [-0.39, 0.29) is 40.9 Å². The molecule has 180 valence electrons. The van der Waals surface area contributed by atoms with Gasteiger partial charge < -0.3 is 34.9 Å². The van der Waals surface area contributed by atoms with Gasteiger partial charge >= 0.3 is 0 Å². The number of aromatic amines is 1. The first-order valence-electron chi connectivity index (χ1n) is 11.8. The Morgan fingerprint density at radius 3 is 2.56 bits per heavy atom. The summed E-state index contributed by atoms with van der Waals surface area (Å²) in [6.07, 6.45) is 6.11. The fourth-order valence-electron chi connectivity index (χ4n) is 5.71. The van der Waals surface area contributed by atoms with E-state index in [0.717, 1.165) is 41.5 Å². The number of phenolic OH excluding ortho intramolecular Hbond substituents is 3. The van der Waals surface area contributed by atoms with E-state index in [9.17, 15) is 20.4 Å². The lowest BCUT2D eigenvalue weighted by Crippen LogP contribution is -2.44. The van der Waals surface area contributed by atoms with Crippen LogP contribution in [0.15, 0.2) is 48.8 Å². The van der Waals surface area contributed by atoms with Crippen molar-refractivity contribution in [1.29, 1.82) is 0 Å². The van der Waals surface area contributed by atoms with E-state index in [1.54, 1.807) is 12.1 Å². The van der Waals surface area contributed by atoms with E-state index in [1.165, 1.54) is 13.2 Å². The summed E-state index contributed by atoms with van der Waals surface area (Å²) in [6, 6.07) is 10.8. The van der Waals surface area contributed by atoms with E-state index < -0.39 is 12.2 Å². The highest BCUT2D eigenvalue weighted by Gasteiger charge is 2.43. The van der Waals surface area contributed by atoms with Gasteiger partial charge in [-0.1, -0.05) is 12.1 Å². The molecule has 1 aliphatic heterocycles. The van der Waals surface area contributed by atoms with Crippen molar-refractivity contribution in [1.82, 2.24) is 4.98 Å². The maximum atomic E-state index is 11.1. The Morgan fingerprint density at radius 1 is 1.06 bits per heavy atom. The molecule has 2 aromatic carbocycles. The molecule has 2 heterocycles. The molecule has 0 spiro atoms. The minimum atomic E-state index is -0.522. The largest absolute Gasteiger partial charge is 0.508 e. The zero-order valence-electron chi connectivity index (χ0n) is 19.1. The first kappa shape index (κ1) is 22.6. The van der Waals surface area contributed by atoms with Crippen LogP contribution in [0.25, 0.3) is 0 Å². The molecule has 3 aromatic rings. The van der Waals surface area contributed by atoms with Crippen LogP contribution in [-0.4, -0.2) is 44.7 Å². The van der Waals surface area contributed by atoms with Crippen LogP contribution in [0.5, 0.6) is 23.0 Å². The SMILES string of the molecule is COc1c(O)c(O)cc(C2CC(O)C3CCC(c4ccc(O)cc4)CC3O2)c1Cc1cc[nH]c1. The van der Waals surface area contributed by atoms with Crippen LogP contribution in [0.1, 0.15) is 60.0 Å². The Hall–Kier alpha value is -3.16. The Labute approximate surface area is 198 Å². The Morgan fingerprint density at radius 2 is 1.85 bits per heavy atom. The number of nitrogens with one attached hydrogen (secondary N) is 1. The molecule has 7 heteroatoms. The summed E-state index contributed by atoms with van der Waals surface area (Å²) in [6.45, 7) is 0. The third-order valence-electron chi connectivity index (χ3n) is 7.46. The summed E-state index contributed by atoms with van der Waals surface area (Å²) < 4.78 is 12.1. The van der Waals surface area contributed by atoms with Crippen molar-refractivity contribution >= 4 is 0 Å². The molecule has 2 aliphatic rings. The topological polar surface area (TPSA) is 115 Å². The Bertz CT molecular complexity index is 1130. The number of rotatable bonds is 5. The van der Waals surface area contributed by atoms with Gasteiger partial charge in [-0.3, -0.25) is 0 Å². The maximum absolute atomic E-state index is 11.1. The number of benzene rings is 2. The number of fused-ring (bicyclic) bond motifs is 1. The van der Waals surface area contributed by atoms with E-state index in [4.69, 9.17) is 9.47 Å². The number of methoxy groups -OCH3 is 1. The van der Waals surface area contributed by atoms with Crippen LogP contribution in [-0.2, 0) is 11.2 Å². The molecule has 2 fully saturated rings. The molecule has 0 amide bonds. The second-order valence-corrected chi connectivity index (χ2v) is 9.47. The summed E-state index contributed by atoms with van der Waals surface area (Å²) in [4.78, 5) is 3.04. The summed E-state index contributed by atoms with van der Waals surface area (Å²) >= 11 is 0. The lowest BCUT2D eigenvalue weighted by Gasteiger charge is -2.45. The number of H-pyrrole nitrogens is 1.